The highest BCUT2D eigenvalue weighted by Crippen LogP contribution is 2.28. The van der Waals surface area contributed by atoms with Gasteiger partial charge in [-0.1, -0.05) is 0 Å². The van der Waals surface area contributed by atoms with Gasteiger partial charge in [0.05, 0.1) is 23.2 Å². The molecule has 1 saturated heterocycles. The van der Waals surface area contributed by atoms with Crippen LogP contribution in [0, 0.1) is 5.82 Å². The quantitative estimate of drug-likeness (QED) is 0.569. The molecule has 0 amide bonds. The minimum atomic E-state index is -0.284. The Kier molecular flexibility index (Phi) is 6.26. The van der Waals surface area contributed by atoms with Gasteiger partial charge in [0.15, 0.2) is 0 Å². The summed E-state index contributed by atoms with van der Waals surface area (Å²) in [4.78, 5) is 25.7. The van der Waals surface area contributed by atoms with Crippen LogP contribution in [0.3, 0.4) is 0 Å². The third kappa shape index (κ3) is 5.16. The molecule has 2 aromatic heterocycles. The Bertz CT molecular complexity index is 1100. The fourth-order valence-corrected chi connectivity index (χ4v) is 4.85. The van der Waals surface area contributed by atoms with E-state index in [1.54, 1.807) is 6.07 Å². The molecule has 174 valence electrons. The van der Waals surface area contributed by atoms with Crippen molar-refractivity contribution < 1.29 is 18.7 Å². The van der Waals surface area contributed by atoms with Crippen LogP contribution < -0.4 is 4.90 Å². The Hall–Kier alpha value is -3.00. The number of benzene rings is 1. The number of carbonyl (C=O) groups excluding carboxylic acids is 1. The normalized spacial score (nSPS) is 21.9. The number of anilines is 1. The Labute approximate surface area is 192 Å². The summed E-state index contributed by atoms with van der Waals surface area (Å²) < 4.78 is 25.1. The van der Waals surface area contributed by atoms with Crippen molar-refractivity contribution in [3.05, 3.63) is 42.3 Å². The molecule has 1 aliphatic heterocycles. The van der Waals surface area contributed by atoms with E-state index in [9.17, 15) is 9.18 Å². The van der Waals surface area contributed by atoms with Gasteiger partial charge < -0.3 is 19.4 Å². The molecule has 1 aliphatic carbocycles. The lowest BCUT2D eigenvalue weighted by atomic mass is 9.94. The van der Waals surface area contributed by atoms with Crippen LogP contribution in [0.5, 0.6) is 0 Å². The molecular weight excluding hydrogens is 423 g/mol. The van der Waals surface area contributed by atoms with Gasteiger partial charge in [0.25, 0.3) is 0 Å². The number of fused-ring (bicyclic) bond motifs is 1. The standard InChI is InChI=1S/C25H29FN4O3/c1-16(31)32-19-4-6-20(7-5-19)33-21-10-12-30(13-11-21)24-9-2-17(15-27-24)25-28-22-8-3-18(26)14-23(22)29-25/h2-3,8-9,14-15,19-21H,4-7,10-13H2,1H3,(H,28,29). The number of H-pyrrole nitrogens is 1. The first kappa shape index (κ1) is 21.8. The molecule has 0 unspecified atom stereocenters. The van der Waals surface area contributed by atoms with Gasteiger partial charge in [-0.2, -0.15) is 0 Å². The van der Waals surface area contributed by atoms with E-state index in [0.29, 0.717) is 11.3 Å². The van der Waals surface area contributed by atoms with Crippen LogP contribution in [0.15, 0.2) is 36.5 Å². The second-order valence-electron chi connectivity index (χ2n) is 8.98. The van der Waals surface area contributed by atoms with Gasteiger partial charge in [-0.15, -0.1) is 0 Å². The van der Waals surface area contributed by atoms with E-state index in [0.717, 1.165) is 68.5 Å². The average molecular weight is 453 g/mol. The number of piperidine rings is 1. The number of nitrogens with one attached hydrogen (secondary N) is 1. The molecule has 0 atom stereocenters. The largest absolute Gasteiger partial charge is 0.463 e. The zero-order valence-electron chi connectivity index (χ0n) is 18.8. The number of carbonyl (C=O) groups is 1. The van der Waals surface area contributed by atoms with Gasteiger partial charge in [0.2, 0.25) is 0 Å². The van der Waals surface area contributed by atoms with Gasteiger partial charge in [0, 0.05) is 31.8 Å². The molecule has 2 aliphatic rings. The van der Waals surface area contributed by atoms with Crippen molar-refractivity contribution >= 4 is 22.8 Å². The molecule has 1 saturated carbocycles. The van der Waals surface area contributed by atoms with E-state index in [1.807, 2.05) is 18.3 Å². The first-order chi connectivity index (χ1) is 16.0. The van der Waals surface area contributed by atoms with Crippen molar-refractivity contribution in [2.75, 3.05) is 18.0 Å². The second kappa shape index (κ2) is 9.47. The lowest BCUT2D eigenvalue weighted by Gasteiger charge is -2.36. The highest BCUT2D eigenvalue weighted by Gasteiger charge is 2.28. The number of pyridine rings is 1. The first-order valence-electron chi connectivity index (χ1n) is 11.7. The average Bonchev–Trinajstić information content (AvgIpc) is 3.24. The third-order valence-electron chi connectivity index (χ3n) is 6.57. The highest BCUT2D eigenvalue weighted by atomic mass is 19.1. The molecule has 1 N–H and O–H groups in total. The van der Waals surface area contributed by atoms with Crippen molar-refractivity contribution in [2.45, 2.75) is 63.8 Å². The smallest absolute Gasteiger partial charge is 0.302 e. The minimum absolute atomic E-state index is 0.0546. The summed E-state index contributed by atoms with van der Waals surface area (Å²) in [6.45, 7) is 3.29. The zero-order chi connectivity index (χ0) is 22.8. The van der Waals surface area contributed by atoms with E-state index in [1.165, 1.54) is 19.1 Å². The second-order valence-corrected chi connectivity index (χ2v) is 8.98. The number of rotatable bonds is 5. The van der Waals surface area contributed by atoms with E-state index in [-0.39, 0.29) is 30.1 Å². The number of ether oxygens (including phenoxy) is 2. The van der Waals surface area contributed by atoms with Gasteiger partial charge in [-0.25, -0.2) is 14.4 Å². The van der Waals surface area contributed by atoms with Crippen LogP contribution in [-0.4, -0.2) is 52.3 Å². The fraction of sp³-hybridized carbons (Fsp3) is 0.480. The Morgan fingerprint density at radius 2 is 1.76 bits per heavy atom. The number of aromatic nitrogens is 3. The van der Waals surface area contributed by atoms with E-state index in [2.05, 4.69) is 19.9 Å². The zero-order valence-corrected chi connectivity index (χ0v) is 18.8. The molecule has 1 aromatic carbocycles. The summed E-state index contributed by atoms with van der Waals surface area (Å²) in [5.41, 5.74) is 2.28. The van der Waals surface area contributed by atoms with Crippen LogP contribution in [0.4, 0.5) is 10.2 Å². The molecule has 5 rings (SSSR count). The number of esters is 1. The predicted molar refractivity (Wildman–Crippen MR) is 123 cm³/mol. The molecule has 0 radical (unpaired) electrons. The highest BCUT2D eigenvalue weighted by molar-refractivity contribution is 5.79. The van der Waals surface area contributed by atoms with Crippen molar-refractivity contribution in [1.29, 1.82) is 0 Å². The SMILES string of the molecule is CC(=O)OC1CCC(OC2CCN(c3ccc(-c4nc5ccc(F)cc5[nH]4)cn3)CC2)CC1. The topological polar surface area (TPSA) is 80.3 Å². The Morgan fingerprint density at radius 1 is 1.03 bits per heavy atom. The molecule has 7 nitrogen and oxygen atoms in total. The summed E-state index contributed by atoms with van der Waals surface area (Å²) in [5, 5.41) is 0. The summed E-state index contributed by atoms with van der Waals surface area (Å²) in [6, 6.07) is 8.55. The molecule has 0 spiro atoms. The maximum absolute atomic E-state index is 13.4. The fourth-order valence-electron chi connectivity index (χ4n) is 4.85. The molecule has 3 aromatic rings. The van der Waals surface area contributed by atoms with Crippen molar-refractivity contribution in [2.24, 2.45) is 0 Å². The Balaban J connectivity index is 1.12. The summed E-state index contributed by atoms with van der Waals surface area (Å²) in [7, 11) is 0. The number of hydrogen-bond donors (Lipinski definition) is 1. The van der Waals surface area contributed by atoms with Gasteiger partial charge >= 0.3 is 5.97 Å². The Morgan fingerprint density at radius 3 is 2.45 bits per heavy atom. The van der Waals surface area contributed by atoms with Crippen LogP contribution in [0.25, 0.3) is 22.4 Å². The van der Waals surface area contributed by atoms with Crippen molar-refractivity contribution in [1.82, 2.24) is 15.0 Å². The predicted octanol–water partition coefficient (Wildman–Crippen LogP) is 4.62. The lowest BCUT2D eigenvalue weighted by Crippen LogP contribution is -2.39. The molecule has 3 heterocycles. The maximum Gasteiger partial charge on any atom is 0.302 e. The summed E-state index contributed by atoms with van der Waals surface area (Å²) >= 11 is 0. The van der Waals surface area contributed by atoms with Gasteiger partial charge in [-0.05, 0) is 68.9 Å². The maximum atomic E-state index is 13.4. The number of nitrogens with zero attached hydrogens (tertiary/aromatic N) is 3. The van der Waals surface area contributed by atoms with E-state index in [4.69, 9.17) is 9.47 Å². The summed E-state index contributed by atoms with van der Waals surface area (Å²) in [6.07, 6.45) is 8.04. The monoisotopic (exact) mass is 452 g/mol. The molecular formula is C25H29FN4O3. The van der Waals surface area contributed by atoms with Crippen LogP contribution in [0.1, 0.15) is 45.4 Å². The molecule has 0 bridgehead atoms. The summed E-state index contributed by atoms with van der Waals surface area (Å²) in [5.74, 6) is 1.15. The van der Waals surface area contributed by atoms with E-state index >= 15 is 0 Å². The molecule has 33 heavy (non-hydrogen) atoms. The van der Waals surface area contributed by atoms with Crippen LogP contribution >= 0.6 is 0 Å². The van der Waals surface area contributed by atoms with Crippen LogP contribution in [0.2, 0.25) is 0 Å². The lowest BCUT2D eigenvalue weighted by molar-refractivity contribution is -0.150. The number of imidazole rings is 1. The minimum Gasteiger partial charge on any atom is -0.463 e. The van der Waals surface area contributed by atoms with Gasteiger partial charge in [-0.3, -0.25) is 4.79 Å². The number of hydrogen-bond acceptors (Lipinski definition) is 6. The number of halogens is 1. The molecule has 2 fully saturated rings. The van der Waals surface area contributed by atoms with Crippen LogP contribution in [-0.2, 0) is 14.3 Å². The van der Waals surface area contributed by atoms with Crippen molar-refractivity contribution in [3.8, 4) is 11.4 Å². The van der Waals surface area contributed by atoms with E-state index < -0.39 is 0 Å². The van der Waals surface area contributed by atoms with Crippen molar-refractivity contribution in [3.63, 3.8) is 0 Å². The van der Waals surface area contributed by atoms with Gasteiger partial charge in [0.1, 0.15) is 23.6 Å². The third-order valence-corrected chi connectivity index (χ3v) is 6.57. The number of aromatic amines is 1. The molecule has 8 heteroatoms. The first-order valence-corrected chi connectivity index (χ1v) is 11.7.